The predicted molar refractivity (Wildman–Crippen MR) is 129 cm³/mol. The van der Waals surface area contributed by atoms with Gasteiger partial charge in [-0.25, -0.2) is 9.78 Å². The Morgan fingerprint density at radius 1 is 1.09 bits per heavy atom. The molecule has 1 heterocycles. The molecule has 0 atom stereocenters. The number of nitrogens with two attached hydrogens (primary N) is 1. The summed E-state index contributed by atoms with van der Waals surface area (Å²) in [6.07, 6.45) is -0.607. The number of carbonyl (C=O) groups excluding carboxylic acids is 1. The van der Waals surface area contributed by atoms with E-state index in [9.17, 15) is 4.79 Å². The van der Waals surface area contributed by atoms with Crippen molar-refractivity contribution in [3.05, 3.63) is 71.8 Å². The molecule has 4 aromatic rings. The van der Waals surface area contributed by atoms with Crippen LogP contribution in [0.5, 0.6) is 11.5 Å². The molecule has 0 saturated carbocycles. The lowest BCUT2D eigenvalue weighted by Gasteiger charge is -2.23. The molecule has 10 heteroatoms. The summed E-state index contributed by atoms with van der Waals surface area (Å²) < 4.78 is 10.5. The van der Waals surface area contributed by atoms with E-state index >= 15 is 0 Å². The van der Waals surface area contributed by atoms with Crippen LogP contribution in [0.4, 0.5) is 22.1 Å². The van der Waals surface area contributed by atoms with Gasteiger partial charge in [-0.3, -0.25) is 10.2 Å². The molecule has 0 bridgehead atoms. The van der Waals surface area contributed by atoms with Gasteiger partial charge in [0.15, 0.2) is 5.11 Å². The van der Waals surface area contributed by atoms with Gasteiger partial charge in [-0.1, -0.05) is 17.7 Å². The minimum atomic E-state index is -0.607. The van der Waals surface area contributed by atoms with Crippen LogP contribution in [0.2, 0.25) is 5.02 Å². The molecule has 0 aliphatic rings. The molecule has 32 heavy (non-hydrogen) atoms. The third-order valence-electron chi connectivity index (χ3n) is 4.48. The van der Waals surface area contributed by atoms with Crippen LogP contribution < -0.4 is 20.7 Å². The predicted octanol–water partition coefficient (Wildman–Crippen LogP) is 5.57. The molecule has 0 unspecified atom stereocenters. The molecule has 1 aromatic heterocycles. The number of ether oxygens (including phenoxy) is 2. The number of benzene rings is 3. The lowest BCUT2D eigenvalue weighted by molar-refractivity contribution is 0.186. The smallest absolute Gasteiger partial charge is 0.413 e. The summed E-state index contributed by atoms with van der Waals surface area (Å²) >= 11 is 11.3. The fourth-order valence-electron chi connectivity index (χ4n) is 3.08. The fraction of sp³-hybridized carbons (Fsp3) is 0.0455. The maximum atomic E-state index is 11.3. The van der Waals surface area contributed by atoms with E-state index in [1.807, 2.05) is 36.4 Å². The highest BCUT2D eigenvalue weighted by Crippen LogP contribution is 2.31. The zero-order valence-electron chi connectivity index (χ0n) is 16.8. The van der Waals surface area contributed by atoms with Gasteiger partial charge in [0, 0.05) is 22.5 Å². The van der Waals surface area contributed by atoms with Crippen LogP contribution in [0, 0.1) is 0 Å². The highest BCUT2D eigenvalue weighted by atomic mass is 35.5. The summed E-state index contributed by atoms with van der Waals surface area (Å²) in [5.41, 5.74) is 8.86. The van der Waals surface area contributed by atoms with Gasteiger partial charge in [0.1, 0.15) is 11.5 Å². The minimum Gasteiger partial charge on any atom is -0.457 e. The molecule has 3 aromatic carbocycles. The van der Waals surface area contributed by atoms with Crippen molar-refractivity contribution < 1.29 is 14.3 Å². The highest BCUT2D eigenvalue weighted by Gasteiger charge is 2.13. The van der Waals surface area contributed by atoms with Crippen LogP contribution >= 0.6 is 23.8 Å². The molecule has 0 aliphatic heterocycles. The maximum Gasteiger partial charge on any atom is 0.413 e. The molecule has 0 aliphatic carbocycles. The van der Waals surface area contributed by atoms with Crippen LogP contribution in [-0.2, 0) is 4.74 Å². The van der Waals surface area contributed by atoms with E-state index < -0.39 is 6.09 Å². The molecule has 4 rings (SSSR count). The third-order valence-corrected chi connectivity index (χ3v) is 4.89. The molecule has 4 N–H and O–H groups in total. The first kappa shape index (κ1) is 21.4. The van der Waals surface area contributed by atoms with Crippen molar-refractivity contribution >= 4 is 63.4 Å². The van der Waals surface area contributed by atoms with Crippen molar-refractivity contribution in [1.29, 1.82) is 0 Å². The first-order chi connectivity index (χ1) is 15.4. The number of amides is 1. The summed E-state index contributed by atoms with van der Waals surface area (Å²) in [6.45, 7) is 0. The molecule has 162 valence electrons. The highest BCUT2D eigenvalue weighted by molar-refractivity contribution is 7.80. The monoisotopic (exact) mass is 467 g/mol. The van der Waals surface area contributed by atoms with Gasteiger partial charge in [0.25, 0.3) is 0 Å². The Hall–Kier alpha value is -3.82. The van der Waals surface area contributed by atoms with Crippen molar-refractivity contribution in [3.8, 4) is 11.5 Å². The maximum absolute atomic E-state index is 11.3. The number of anilines is 3. The van der Waals surface area contributed by atoms with Crippen molar-refractivity contribution in [2.45, 2.75) is 0 Å². The second-order valence-corrected chi connectivity index (χ2v) is 7.49. The molecule has 0 fully saturated rings. The average Bonchev–Trinajstić information content (AvgIpc) is 3.16. The van der Waals surface area contributed by atoms with Gasteiger partial charge >= 0.3 is 6.09 Å². The number of hydrogen-bond donors (Lipinski definition) is 3. The van der Waals surface area contributed by atoms with Crippen molar-refractivity contribution in [2.75, 3.05) is 17.3 Å². The van der Waals surface area contributed by atoms with E-state index in [1.165, 1.54) is 7.11 Å². The second kappa shape index (κ2) is 9.13. The van der Waals surface area contributed by atoms with E-state index in [1.54, 1.807) is 35.2 Å². The quantitative estimate of drug-likeness (QED) is 0.329. The lowest BCUT2D eigenvalue weighted by atomic mass is 10.2. The Kier molecular flexibility index (Phi) is 6.11. The van der Waals surface area contributed by atoms with Gasteiger partial charge < -0.3 is 20.2 Å². The molecular weight excluding hydrogens is 450 g/mol. The number of halogens is 1. The van der Waals surface area contributed by atoms with Crippen molar-refractivity contribution in [1.82, 2.24) is 9.97 Å². The number of nitrogens with zero attached hydrogens (tertiary/aromatic N) is 2. The number of aromatic amines is 1. The van der Waals surface area contributed by atoms with Crippen LogP contribution in [-0.4, -0.2) is 28.3 Å². The van der Waals surface area contributed by atoms with Crippen molar-refractivity contribution in [3.63, 3.8) is 0 Å². The summed E-state index contributed by atoms with van der Waals surface area (Å²) in [5, 5.41) is 3.27. The van der Waals surface area contributed by atoms with Crippen LogP contribution in [0.1, 0.15) is 0 Å². The Morgan fingerprint density at radius 3 is 2.53 bits per heavy atom. The second-order valence-electron chi connectivity index (χ2n) is 6.63. The molecule has 0 saturated heterocycles. The first-order valence-corrected chi connectivity index (χ1v) is 10.2. The molecule has 1 amide bonds. The average molecular weight is 468 g/mol. The molecule has 8 nitrogen and oxygen atoms in total. The minimum absolute atomic E-state index is 0.196. The number of imidazole rings is 1. The number of thiocarbonyl (C=S) groups is 1. The number of aromatic nitrogens is 2. The summed E-state index contributed by atoms with van der Waals surface area (Å²) in [4.78, 5) is 20.3. The Bertz CT molecular complexity index is 1290. The van der Waals surface area contributed by atoms with E-state index in [0.29, 0.717) is 27.6 Å². The van der Waals surface area contributed by atoms with Gasteiger partial charge in [0.05, 0.1) is 18.1 Å². The number of fused-ring (bicyclic) bond motifs is 1. The van der Waals surface area contributed by atoms with E-state index in [-0.39, 0.29) is 11.1 Å². The van der Waals surface area contributed by atoms with Crippen LogP contribution in [0.15, 0.2) is 66.7 Å². The normalized spacial score (nSPS) is 10.6. The summed E-state index contributed by atoms with van der Waals surface area (Å²) in [7, 11) is 1.28. The third kappa shape index (κ3) is 4.74. The lowest BCUT2D eigenvalue weighted by Crippen LogP contribution is -2.31. The zero-order valence-corrected chi connectivity index (χ0v) is 18.4. The van der Waals surface area contributed by atoms with Gasteiger partial charge in [-0.2, -0.15) is 0 Å². The Morgan fingerprint density at radius 2 is 1.84 bits per heavy atom. The standard InChI is InChI=1S/C22H18ClN5O3S/c1-30-22(29)27-21-25-18-10-9-17(12-19(18)26-21)31-16-7-5-14(6-8-16)28(20(24)32)15-4-2-3-13(23)11-15/h2-12H,1H3,(H2,24,32)(H2,25,26,27,29). The van der Waals surface area contributed by atoms with E-state index in [2.05, 4.69) is 20.0 Å². The molecular formula is C22H18ClN5O3S. The van der Waals surface area contributed by atoms with E-state index in [4.69, 9.17) is 34.3 Å². The molecule has 0 radical (unpaired) electrons. The first-order valence-electron chi connectivity index (χ1n) is 9.41. The van der Waals surface area contributed by atoms with Gasteiger partial charge in [0.2, 0.25) is 5.95 Å². The number of rotatable bonds is 5. The zero-order chi connectivity index (χ0) is 22.7. The van der Waals surface area contributed by atoms with Crippen molar-refractivity contribution in [2.24, 2.45) is 5.73 Å². The largest absolute Gasteiger partial charge is 0.457 e. The number of methoxy groups -OCH3 is 1. The summed E-state index contributed by atoms with van der Waals surface area (Å²) in [5.74, 6) is 1.50. The van der Waals surface area contributed by atoms with Gasteiger partial charge in [-0.05, 0) is 66.8 Å². The topological polar surface area (TPSA) is 106 Å². The number of hydrogen-bond acceptors (Lipinski definition) is 5. The van der Waals surface area contributed by atoms with Crippen LogP contribution in [0.3, 0.4) is 0 Å². The SMILES string of the molecule is COC(=O)Nc1nc2ccc(Oc3ccc(N(C(N)=S)c4cccc(Cl)c4)cc3)cc2[nH]1. The number of nitrogens with one attached hydrogen (secondary N) is 2. The van der Waals surface area contributed by atoms with Crippen LogP contribution in [0.25, 0.3) is 11.0 Å². The van der Waals surface area contributed by atoms with Gasteiger partial charge in [-0.15, -0.1) is 0 Å². The Balaban J connectivity index is 1.53. The number of carbonyl (C=O) groups is 1. The van der Waals surface area contributed by atoms with E-state index in [0.717, 1.165) is 11.4 Å². The number of H-pyrrole nitrogens is 1. The molecule has 0 spiro atoms. The summed E-state index contributed by atoms with van der Waals surface area (Å²) in [6, 6.07) is 19.9. The fourth-order valence-corrected chi connectivity index (χ4v) is 3.47. The Labute approximate surface area is 193 Å².